The summed E-state index contributed by atoms with van der Waals surface area (Å²) in [6.07, 6.45) is 29.5. The molecule has 1 aromatic rings. The molecular weight excluding hydrogens is 372 g/mol. The van der Waals surface area contributed by atoms with Gasteiger partial charge in [0.2, 0.25) is 0 Å². The summed E-state index contributed by atoms with van der Waals surface area (Å²) >= 11 is 0. The molecule has 4 saturated carbocycles. The average Bonchev–Trinajstić information content (AvgIpc) is 2.85. The summed E-state index contributed by atoms with van der Waals surface area (Å²) in [5, 5.41) is 0. The van der Waals surface area contributed by atoms with Crippen molar-refractivity contribution in [1.82, 2.24) is 0 Å². The summed E-state index contributed by atoms with van der Waals surface area (Å²) in [5.74, 6) is 3.50. The highest BCUT2D eigenvalue weighted by Gasteiger charge is 2.34. The van der Waals surface area contributed by atoms with E-state index in [1.807, 2.05) is 22.3 Å². The van der Waals surface area contributed by atoms with Gasteiger partial charge >= 0.3 is 0 Å². The molecule has 0 radical (unpaired) electrons. The van der Waals surface area contributed by atoms with Crippen LogP contribution in [0.15, 0.2) is 6.07 Å². The first-order valence-electron chi connectivity index (χ1n) is 14.5. The molecule has 0 spiro atoms. The first kappa shape index (κ1) is 22.0. The summed E-state index contributed by atoms with van der Waals surface area (Å²) in [5.41, 5.74) is 9.40. The van der Waals surface area contributed by atoms with Gasteiger partial charge in [-0.1, -0.05) is 83.1 Å². The zero-order chi connectivity index (χ0) is 21.0. The molecule has 31 heavy (non-hydrogen) atoms. The van der Waals surface area contributed by atoms with Crippen LogP contribution in [0.3, 0.4) is 0 Å². The van der Waals surface area contributed by atoms with Crippen molar-refractivity contribution < 1.29 is 0 Å². The van der Waals surface area contributed by atoms with E-state index in [-0.39, 0.29) is 0 Å². The predicted molar refractivity (Wildman–Crippen MR) is 134 cm³/mol. The van der Waals surface area contributed by atoms with Crippen molar-refractivity contribution in [2.24, 2.45) is 0 Å². The highest BCUT2D eigenvalue weighted by atomic mass is 14.4. The minimum Gasteiger partial charge on any atom is -0.0552 e. The van der Waals surface area contributed by atoms with Crippen LogP contribution in [0.2, 0.25) is 0 Å². The molecule has 1 aromatic carbocycles. The van der Waals surface area contributed by atoms with Gasteiger partial charge in [0.05, 0.1) is 0 Å². The Kier molecular flexibility index (Phi) is 7.42. The standard InChI is InChI=1S/C31H48/c1-23-22-28(24-14-6-2-7-15-24)30(26-18-10-4-11-19-26)31(27-20-12-5-13-21-27)29(23)25-16-8-3-9-17-25/h22,24-27H,2-21H2,1H3. The maximum atomic E-state index is 2.77. The minimum absolute atomic E-state index is 0.868. The summed E-state index contributed by atoms with van der Waals surface area (Å²) < 4.78 is 0. The van der Waals surface area contributed by atoms with Gasteiger partial charge in [0, 0.05) is 0 Å². The molecule has 0 aromatic heterocycles. The fourth-order valence-corrected chi connectivity index (χ4v) is 8.26. The first-order valence-corrected chi connectivity index (χ1v) is 14.5. The molecule has 172 valence electrons. The normalized spacial score (nSPS) is 25.7. The van der Waals surface area contributed by atoms with Crippen molar-refractivity contribution in [2.45, 2.75) is 159 Å². The highest BCUT2D eigenvalue weighted by Crippen LogP contribution is 2.51. The van der Waals surface area contributed by atoms with Gasteiger partial charge in [0.25, 0.3) is 0 Å². The van der Waals surface area contributed by atoms with Crippen LogP contribution < -0.4 is 0 Å². The summed E-state index contributed by atoms with van der Waals surface area (Å²) in [6.45, 7) is 2.52. The van der Waals surface area contributed by atoms with E-state index in [1.54, 1.807) is 5.56 Å². The van der Waals surface area contributed by atoms with Crippen LogP contribution >= 0.6 is 0 Å². The molecule has 0 unspecified atom stereocenters. The van der Waals surface area contributed by atoms with Crippen LogP contribution in [-0.4, -0.2) is 0 Å². The van der Waals surface area contributed by atoms with Crippen molar-refractivity contribution in [3.8, 4) is 0 Å². The molecule has 0 atom stereocenters. The highest BCUT2D eigenvalue weighted by molar-refractivity contribution is 5.52. The Morgan fingerprint density at radius 3 is 1.23 bits per heavy atom. The fraction of sp³-hybridized carbons (Fsp3) is 0.806. The van der Waals surface area contributed by atoms with Gasteiger partial charge in [-0.2, -0.15) is 0 Å². The Bertz CT molecular complexity index is 704. The van der Waals surface area contributed by atoms with Crippen LogP contribution in [0.25, 0.3) is 0 Å². The quantitative estimate of drug-likeness (QED) is 0.454. The monoisotopic (exact) mass is 420 g/mol. The maximum absolute atomic E-state index is 2.77. The Hall–Kier alpha value is -0.780. The molecule has 5 rings (SSSR count). The lowest BCUT2D eigenvalue weighted by Gasteiger charge is -2.39. The topological polar surface area (TPSA) is 0 Å². The third-order valence-corrected chi connectivity index (χ3v) is 9.77. The van der Waals surface area contributed by atoms with E-state index < -0.39 is 0 Å². The van der Waals surface area contributed by atoms with Crippen molar-refractivity contribution in [2.75, 3.05) is 0 Å². The Morgan fingerprint density at radius 1 is 0.419 bits per heavy atom. The van der Waals surface area contributed by atoms with Gasteiger partial charge in [-0.25, -0.2) is 0 Å². The number of hydrogen-bond acceptors (Lipinski definition) is 0. The van der Waals surface area contributed by atoms with E-state index in [0.29, 0.717) is 0 Å². The number of benzene rings is 1. The number of rotatable bonds is 4. The second-order valence-corrected chi connectivity index (χ2v) is 11.9. The molecule has 0 saturated heterocycles. The molecule has 0 N–H and O–H groups in total. The van der Waals surface area contributed by atoms with Crippen molar-refractivity contribution in [1.29, 1.82) is 0 Å². The molecule has 0 aliphatic heterocycles. The summed E-state index contributed by atoms with van der Waals surface area (Å²) in [6, 6.07) is 2.77. The molecule has 0 heterocycles. The molecule has 0 heteroatoms. The van der Waals surface area contributed by atoms with Crippen LogP contribution in [-0.2, 0) is 0 Å². The number of aryl methyl sites for hydroxylation is 1. The molecule has 4 fully saturated rings. The fourth-order valence-electron chi connectivity index (χ4n) is 8.26. The Balaban J connectivity index is 1.66. The zero-order valence-electron chi connectivity index (χ0n) is 20.5. The third-order valence-electron chi connectivity index (χ3n) is 9.77. The lowest BCUT2D eigenvalue weighted by molar-refractivity contribution is 0.393. The van der Waals surface area contributed by atoms with Crippen LogP contribution in [0.4, 0.5) is 0 Å². The van der Waals surface area contributed by atoms with Gasteiger partial charge < -0.3 is 0 Å². The Labute approximate surface area is 193 Å². The summed E-state index contributed by atoms with van der Waals surface area (Å²) in [4.78, 5) is 0. The third kappa shape index (κ3) is 4.79. The van der Waals surface area contributed by atoms with E-state index in [2.05, 4.69) is 13.0 Å². The second kappa shape index (κ2) is 10.4. The van der Waals surface area contributed by atoms with E-state index in [1.165, 1.54) is 128 Å². The number of hydrogen-bond donors (Lipinski definition) is 0. The molecule has 0 amide bonds. The Morgan fingerprint density at radius 2 is 0.774 bits per heavy atom. The molecule has 0 bridgehead atoms. The minimum atomic E-state index is 0.868. The largest absolute Gasteiger partial charge is 0.0552 e. The van der Waals surface area contributed by atoms with Crippen molar-refractivity contribution >= 4 is 0 Å². The van der Waals surface area contributed by atoms with Crippen LogP contribution in [0.1, 0.15) is 180 Å². The van der Waals surface area contributed by atoms with E-state index in [4.69, 9.17) is 0 Å². The van der Waals surface area contributed by atoms with Crippen LogP contribution in [0.5, 0.6) is 0 Å². The maximum Gasteiger partial charge on any atom is -0.0156 e. The first-order chi connectivity index (χ1) is 15.3. The average molecular weight is 421 g/mol. The van der Waals surface area contributed by atoms with Gasteiger partial charge in [0.1, 0.15) is 0 Å². The van der Waals surface area contributed by atoms with Crippen molar-refractivity contribution in [3.63, 3.8) is 0 Å². The molecule has 0 nitrogen and oxygen atoms in total. The van der Waals surface area contributed by atoms with Gasteiger partial charge in [-0.15, -0.1) is 0 Å². The lowest BCUT2D eigenvalue weighted by Crippen LogP contribution is -2.22. The lowest BCUT2D eigenvalue weighted by atomic mass is 9.66. The molecule has 4 aliphatic rings. The predicted octanol–water partition coefficient (Wildman–Crippen LogP) is 10.2. The second-order valence-electron chi connectivity index (χ2n) is 11.9. The van der Waals surface area contributed by atoms with Crippen LogP contribution in [0, 0.1) is 6.92 Å². The SMILES string of the molecule is Cc1cc(C2CCCCC2)c(C2CCCCC2)c(C2CCCCC2)c1C1CCCCC1. The van der Waals surface area contributed by atoms with Gasteiger partial charge in [0.15, 0.2) is 0 Å². The van der Waals surface area contributed by atoms with E-state index in [0.717, 1.165) is 23.7 Å². The van der Waals surface area contributed by atoms with E-state index in [9.17, 15) is 0 Å². The van der Waals surface area contributed by atoms with E-state index >= 15 is 0 Å². The summed E-state index contributed by atoms with van der Waals surface area (Å²) in [7, 11) is 0. The smallest absolute Gasteiger partial charge is 0.0156 e. The molecular formula is C31H48. The zero-order valence-corrected chi connectivity index (χ0v) is 20.5. The van der Waals surface area contributed by atoms with Gasteiger partial charge in [-0.05, 0) is 110 Å². The molecule has 4 aliphatic carbocycles. The van der Waals surface area contributed by atoms with Gasteiger partial charge in [-0.3, -0.25) is 0 Å². The van der Waals surface area contributed by atoms with Crippen molar-refractivity contribution in [3.05, 3.63) is 33.9 Å².